The van der Waals surface area contributed by atoms with E-state index in [2.05, 4.69) is 5.32 Å². The Morgan fingerprint density at radius 2 is 1.59 bits per heavy atom. The molecule has 1 heterocycles. The lowest BCUT2D eigenvalue weighted by Gasteiger charge is -2.35. The highest BCUT2D eigenvalue weighted by Gasteiger charge is 2.25. The molecule has 2 rings (SSSR count). The van der Waals surface area contributed by atoms with Gasteiger partial charge in [-0.05, 0) is 32.4 Å². The zero-order valence-electron chi connectivity index (χ0n) is 16.0. The third-order valence-corrected chi connectivity index (χ3v) is 4.44. The second-order valence-electron chi connectivity index (χ2n) is 7.39. The number of carbonyl (C=O) groups excluding carboxylic acids is 3. The van der Waals surface area contributed by atoms with Gasteiger partial charge in [-0.25, -0.2) is 4.79 Å². The molecule has 1 aliphatic rings. The first-order valence-electron chi connectivity index (χ1n) is 8.91. The van der Waals surface area contributed by atoms with Crippen LogP contribution in [0.5, 0.6) is 0 Å². The van der Waals surface area contributed by atoms with Crippen molar-refractivity contribution in [1.82, 2.24) is 15.1 Å². The molecule has 7 nitrogen and oxygen atoms in total. The molecule has 0 bridgehead atoms. The highest BCUT2D eigenvalue weighted by atomic mass is 35.5. The van der Waals surface area contributed by atoms with Crippen molar-refractivity contribution in [3.63, 3.8) is 0 Å². The molecule has 0 unspecified atom stereocenters. The Hall–Kier alpha value is -2.28. The lowest BCUT2D eigenvalue weighted by atomic mass is 10.1. The van der Waals surface area contributed by atoms with Crippen LogP contribution >= 0.6 is 11.6 Å². The van der Waals surface area contributed by atoms with Gasteiger partial charge in [-0.1, -0.05) is 29.8 Å². The summed E-state index contributed by atoms with van der Waals surface area (Å²) in [6.07, 6.45) is -0.377. The Kier molecular flexibility index (Phi) is 7.07. The average molecular weight is 396 g/mol. The molecule has 0 radical (unpaired) electrons. The van der Waals surface area contributed by atoms with Crippen molar-refractivity contribution < 1.29 is 19.1 Å². The second-order valence-corrected chi connectivity index (χ2v) is 7.79. The van der Waals surface area contributed by atoms with Gasteiger partial charge in [-0.3, -0.25) is 9.59 Å². The molecule has 0 aromatic heterocycles. The molecule has 1 aromatic rings. The number of alkyl carbamates (subject to hydrolysis) is 1. The van der Waals surface area contributed by atoms with E-state index in [1.165, 1.54) is 0 Å². The monoisotopic (exact) mass is 395 g/mol. The van der Waals surface area contributed by atoms with Crippen molar-refractivity contribution in [3.8, 4) is 0 Å². The first-order chi connectivity index (χ1) is 12.7. The summed E-state index contributed by atoms with van der Waals surface area (Å²) in [6, 6.07) is 7.27. The van der Waals surface area contributed by atoms with E-state index in [1.54, 1.807) is 36.6 Å². The number of amides is 3. The molecule has 0 aliphatic carbocycles. The van der Waals surface area contributed by atoms with Gasteiger partial charge in [-0.15, -0.1) is 0 Å². The van der Waals surface area contributed by atoms with E-state index < -0.39 is 11.7 Å². The maximum atomic E-state index is 12.4. The number of ether oxygens (including phenoxy) is 1. The summed E-state index contributed by atoms with van der Waals surface area (Å²) in [4.78, 5) is 39.6. The van der Waals surface area contributed by atoms with Gasteiger partial charge in [0.1, 0.15) is 12.1 Å². The average Bonchev–Trinajstić information content (AvgIpc) is 2.60. The van der Waals surface area contributed by atoms with Gasteiger partial charge in [0.2, 0.25) is 11.8 Å². The first-order valence-corrected chi connectivity index (χ1v) is 9.29. The van der Waals surface area contributed by atoms with Crippen molar-refractivity contribution >= 4 is 29.5 Å². The van der Waals surface area contributed by atoms with Crippen LogP contribution in [0.15, 0.2) is 24.3 Å². The quantitative estimate of drug-likeness (QED) is 0.846. The normalized spacial score (nSPS) is 14.7. The van der Waals surface area contributed by atoms with Crippen LogP contribution in [0.4, 0.5) is 4.79 Å². The van der Waals surface area contributed by atoms with Gasteiger partial charge >= 0.3 is 6.09 Å². The van der Waals surface area contributed by atoms with Crippen LogP contribution in [0.3, 0.4) is 0 Å². The summed E-state index contributed by atoms with van der Waals surface area (Å²) >= 11 is 6.10. The minimum Gasteiger partial charge on any atom is -0.444 e. The van der Waals surface area contributed by atoms with Crippen LogP contribution in [0.2, 0.25) is 5.02 Å². The number of carbonyl (C=O) groups is 3. The van der Waals surface area contributed by atoms with Gasteiger partial charge in [0.15, 0.2) is 0 Å². The number of hydrogen-bond donors (Lipinski definition) is 1. The lowest BCUT2D eigenvalue weighted by Crippen LogP contribution is -2.53. The third kappa shape index (κ3) is 6.75. The number of rotatable bonds is 4. The Morgan fingerprint density at radius 1 is 1.04 bits per heavy atom. The molecule has 0 atom stereocenters. The largest absolute Gasteiger partial charge is 0.444 e. The Balaban J connectivity index is 1.76. The molecule has 0 saturated carbocycles. The van der Waals surface area contributed by atoms with Gasteiger partial charge in [-0.2, -0.15) is 0 Å². The number of piperazine rings is 1. The van der Waals surface area contributed by atoms with Crippen LogP contribution in [-0.2, 0) is 20.7 Å². The topological polar surface area (TPSA) is 79.0 Å². The minimum atomic E-state index is -0.621. The SMILES string of the molecule is CC(C)(C)OC(=O)NCC(=O)N1CCN(C(=O)Cc2ccccc2Cl)CC1. The summed E-state index contributed by atoms with van der Waals surface area (Å²) in [6.45, 7) is 6.94. The highest BCUT2D eigenvalue weighted by molar-refractivity contribution is 6.31. The van der Waals surface area contributed by atoms with Crippen LogP contribution in [0.1, 0.15) is 26.3 Å². The van der Waals surface area contributed by atoms with Gasteiger partial charge in [0.25, 0.3) is 0 Å². The van der Waals surface area contributed by atoms with E-state index in [-0.39, 0.29) is 24.8 Å². The minimum absolute atomic E-state index is 0.0120. The van der Waals surface area contributed by atoms with Crippen molar-refractivity contribution in [2.45, 2.75) is 32.8 Å². The van der Waals surface area contributed by atoms with Gasteiger partial charge in [0.05, 0.1) is 6.42 Å². The molecule has 0 spiro atoms. The first kappa shape index (κ1) is 21.0. The predicted molar refractivity (Wildman–Crippen MR) is 103 cm³/mol. The Morgan fingerprint density at radius 3 is 2.15 bits per heavy atom. The molecule has 1 N–H and O–H groups in total. The van der Waals surface area contributed by atoms with Crippen LogP contribution < -0.4 is 5.32 Å². The summed E-state index contributed by atoms with van der Waals surface area (Å²) in [7, 11) is 0. The molecule has 1 fully saturated rings. The Bertz CT molecular complexity index is 694. The summed E-state index contributed by atoms with van der Waals surface area (Å²) in [5, 5.41) is 3.04. The van der Waals surface area contributed by atoms with Gasteiger partial charge in [0, 0.05) is 31.2 Å². The standard InChI is InChI=1S/C19H26ClN3O4/c1-19(2,3)27-18(26)21-13-17(25)23-10-8-22(9-11-23)16(24)12-14-6-4-5-7-15(14)20/h4-7H,8-13H2,1-3H3,(H,21,26). The smallest absolute Gasteiger partial charge is 0.408 e. The maximum absolute atomic E-state index is 12.4. The summed E-state index contributed by atoms with van der Waals surface area (Å²) in [5.74, 6) is -0.207. The van der Waals surface area contributed by atoms with Crippen LogP contribution in [0, 0.1) is 0 Å². The number of hydrogen-bond acceptors (Lipinski definition) is 4. The number of nitrogens with one attached hydrogen (secondary N) is 1. The highest BCUT2D eigenvalue weighted by Crippen LogP contribution is 2.16. The zero-order chi connectivity index (χ0) is 20.0. The van der Waals surface area contributed by atoms with Crippen molar-refractivity contribution in [3.05, 3.63) is 34.9 Å². The van der Waals surface area contributed by atoms with E-state index in [1.807, 2.05) is 18.2 Å². The zero-order valence-corrected chi connectivity index (χ0v) is 16.7. The van der Waals surface area contributed by atoms with Crippen LogP contribution in [0.25, 0.3) is 0 Å². The van der Waals surface area contributed by atoms with Crippen molar-refractivity contribution in [2.75, 3.05) is 32.7 Å². The molecule has 1 aromatic carbocycles. The fourth-order valence-corrected chi connectivity index (χ4v) is 2.90. The molecule has 27 heavy (non-hydrogen) atoms. The maximum Gasteiger partial charge on any atom is 0.408 e. The second kappa shape index (κ2) is 9.08. The third-order valence-electron chi connectivity index (χ3n) is 4.07. The molecule has 1 saturated heterocycles. The number of benzene rings is 1. The molecule has 3 amide bonds. The number of halogens is 1. The van der Waals surface area contributed by atoms with E-state index in [0.29, 0.717) is 31.2 Å². The van der Waals surface area contributed by atoms with E-state index >= 15 is 0 Å². The Labute approximate surface area is 164 Å². The van der Waals surface area contributed by atoms with Crippen molar-refractivity contribution in [1.29, 1.82) is 0 Å². The molecule has 148 valence electrons. The lowest BCUT2D eigenvalue weighted by molar-refractivity contribution is -0.138. The number of nitrogens with zero attached hydrogens (tertiary/aromatic N) is 2. The van der Waals surface area contributed by atoms with Gasteiger partial charge < -0.3 is 19.9 Å². The molecule has 1 aliphatic heterocycles. The van der Waals surface area contributed by atoms with E-state index in [4.69, 9.17) is 16.3 Å². The van der Waals surface area contributed by atoms with Crippen LogP contribution in [-0.4, -0.2) is 66.0 Å². The van der Waals surface area contributed by atoms with Crippen molar-refractivity contribution in [2.24, 2.45) is 0 Å². The summed E-state index contributed by atoms with van der Waals surface area (Å²) < 4.78 is 5.11. The van der Waals surface area contributed by atoms with E-state index in [9.17, 15) is 14.4 Å². The fourth-order valence-electron chi connectivity index (χ4n) is 2.70. The molecular formula is C19H26ClN3O4. The summed E-state index contributed by atoms with van der Waals surface area (Å²) in [5.41, 5.74) is 0.185. The molecular weight excluding hydrogens is 370 g/mol. The predicted octanol–water partition coefficient (Wildman–Crippen LogP) is 2.08. The molecule has 8 heteroatoms. The fraction of sp³-hybridized carbons (Fsp3) is 0.526. The van der Waals surface area contributed by atoms with E-state index in [0.717, 1.165) is 5.56 Å².